The number of aryl methyl sites for hydroxylation is 2. The summed E-state index contributed by atoms with van der Waals surface area (Å²) in [4.78, 5) is 34.9. The Balaban J connectivity index is 1.36. The van der Waals surface area contributed by atoms with E-state index in [1.807, 2.05) is 69.3 Å². The van der Waals surface area contributed by atoms with Crippen LogP contribution >= 0.6 is 11.6 Å². The summed E-state index contributed by atoms with van der Waals surface area (Å²) in [5, 5.41) is 13.1. The molecule has 2 heterocycles. The highest BCUT2D eigenvalue weighted by Crippen LogP contribution is 2.35. The van der Waals surface area contributed by atoms with Crippen molar-refractivity contribution in [2.75, 3.05) is 24.6 Å². The van der Waals surface area contributed by atoms with Gasteiger partial charge in [-0.3, -0.25) is 0 Å². The Morgan fingerprint density at radius 3 is 2.50 bits per heavy atom. The van der Waals surface area contributed by atoms with Crippen LogP contribution in [0.15, 0.2) is 54.7 Å². The van der Waals surface area contributed by atoms with Crippen molar-refractivity contribution in [2.24, 2.45) is 0 Å². The van der Waals surface area contributed by atoms with Crippen LogP contribution in [0.25, 0.3) is 0 Å². The molecule has 1 aromatic heterocycles. The molecule has 212 valence electrons. The lowest BCUT2D eigenvalue weighted by molar-refractivity contribution is 0.0519. The molecule has 4 rings (SSSR count). The molecule has 1 fully saturated rings. The fraction of sp³-hybridized carbons (Fsp3) is 0.400. The summed E-state index contributed by atoms with van der Waals surface area (Å²) in [5.41, 5.74) is 2.23. The van der Waals surface area contributed by atoms with Crippen molar-refractivity contribution in [3.63, 3.8) is 0 Å². The van der Waals surface area contributed by atoms with E-state index in [4.69, 9.17) is 26.1 Å². The van der Waals surface area contributed by atoms with Crippen LogP contribution in [0.1, 0.15) is 66.8 Å². The molecule has 1 atom stereocenters. The van der Waals surface area contributed by atoms with Crippen LogP contribution in [0, 0.1) is 0 Å². The molecule has 0 bridgehead atoms. The number of benzene rings is 2. The van der Waals surface area contributed by atoms with E-state index < -0.39 is 17.7 Å². The number of carboxylic acid groups (broad SMARTS) is 1. The molecule has 1 aliphatic rings. The summed E-state index contributed by atoms with van der Waals surface area (Å²) in [6, 6.07) is 15.5. The van der Waals surface area contributed by atoms with Gasteiger partial charge in [0.2, 0.25) is 5.95 Å². The molecule has 0 aliphatic carbocycles. The fourth-order valence-electron chi connectivity index (χ4n) is 4.60. The predicted octanol–water partition coefficient (Wildman–Crippen LogP) is 5.86. The Morgan fingerprint density at radius 2 is 1.82 bits per heavy atom. The second kappa shape index (κ2) is 13.0. The number of carboxylic acids is 1. The zero-order chi connectivity index (χ0) is 28.7. The lowest BCUT2D eigenvalue weighted by atomic mass is 10.0. The van der Waals surface area contributed by atoms with Gasteiger partial charge in [0, 0.05) is 17.8 Å². The summed E-state index contributed by atoms with van der Waals surface area (Å²) in [7, 11) is 0. The first-order valence-electron chi connectivity index (χ1n) is 13.4. The number of hydrogen-bond donors (Lipinski definition) is 2. The number of halogens is 1. The number of amides is 1. The van der Waals surface area contributed by atoms with Gasteiger partial charge in [0.15, 0.2) is 0 Å². The lowest BCUT2D eigenvalue weighted by Crippen LogP contribution is -2.34. The molecule has 9 nitrogen and oxygen atoms in total. The van der Waals surface area contributed by atoms with Crippen molar-refractivity contribution in [1.29, 1.82) is 0 Å². The molecule has 0 saturated carbocycles. The van der Waals surface area contributed by atoms with E-state index in [-0.39, 0.29) is 11.6 Å². The standard InChI is InChI=1S/C30H35ClN4O5/c1-30(2,3)40-29(38)32-16-18-39-23-13-6-20(7-14-23)8-15-25-24(27(36)37)19-33-28(34-25)35-17-4-5-26(35)21-9-11-22(31)12-10-21/h6-7,9-14,19,26H,4-5,8,15-18H2,1-3H3,(H,32,38)(H,36,37)/t26-/m1/s1. The first kappa shape index (κ1) is 29.1. The van der Waals surface area contributed by atoms with Crippen LogP contribution < -0.4 is 15.0 Å². The molecule has 1 aliphatic heterocycles. The van der Waals surface area contributed by atoms with Crippen LogP contribution in [-0.2, 0) is 17.6 Å². The smallest absolute Gasteiger partial charge is 0.407 e. The third kappa shape index (κ3) is 8.08. The first-order chi connectivity index (χ1) is 19.1. The van der Waals surface area contributed by atoms with Crippen LogP contribution in [-0.4, -0.2) is 52.4 Å². The zero-order valence-electron chi connectivity index (χ0n) is 23.0. The Kier molecular flexibility index (Phi) is 9.47. The molecular weight excluding hydrogens is 532 g/mol. The number of rotatable bonds is 10. The van der Waals surface area contributed by atoms with E-state index in [1.54, 1.807) is 0 Å². The van der Waals surface area contributed by atoms with Gasteiger partial charge in [-0.25, -0.2) is 19.6 Å². The van der Waals surface area contributed by atoms with Gasteiger partial charge in [0.25, 0.3) is 0 Å². The number of hydrogen-bond acceptors (Lipinski definition) is 7. The maximum atomic E-state index is 11.9. The van der Waals surface area contributed by atoms with Gasteiger partial charge in [0.1, 0.15) is 18.0 Å². The molecule has 40 heavy (non-hydrogen) atoms. The normalized spacial score (nSPS) is 15.1. The average molecular weight is 567 g/mol. The summed E-state index contributed by atoms with van der Waals surface area (Å²) < 4.78 is 10.9. The maximum Gasteiger partial charge on any atom is 0.407 e. The molecular formula is C30H35ClN4O5. The van der Waals surface area contributed by atoms with Crippen LogP contribution in [0.3, 0.4) is 0 Å². The summed E-state index contributed by atoms with van der Waals surface area (Å²) in [6.45, 7) is 6.85. The fourth-order valence-corrected chi connectivity index (χ4v) is 4.73. The maximum absolute atomic E-state index is 11.9. The third-order valence-corrected chi connectivity index (χ3v) is 6.71. The zero-order valence-corrected chi connectivity index (χ0v) is 23.8. The highest BCUT2D eigenvalue weighted by molar-refractivity contribution is 6.30. The number of aromatic carboxylic acids is 1. The second-order valence-corrected chi connectivity index (χ2v) is 11.1. The number of carbonyl (C=O) groups is 2. The van der Waals surface area contributed by atoms with Gasteiger partial charge < -0.3 is 24.8 Å². The van der Waals surface area contributed by atoms with E-state index in [2.05, 4.69) is 15.2 Å². The van der Waals surface area contributed by atoms with E-state index in [0.29, 0.717) is 48.4 Å². The lowest BCUT2D eigenvalue weighted by Gasteiger charge is -2.25. The van der Waals surface area contributed by atoms with E-state index in [1.165, 1.54) is 6.20 Å². The summed E-state index contributed by atoms with van der Waals surface area (Å²) in [5.74, 6) is 0.176. The minimum absolute atomic E-state index is 0.114. The summed E-state index contributed by atoms with van der Waals surface area (Å²) >= 11 is 6.07. The van der Waals surface area contributed by atoms with Gasteiger partial charge >= 0.3 is 12.1 Å². The topological polar surface area (TPSA) is 114 Å². The van der Waals surface area contributed by atoms with Crippen LogP contribution in [0.4, 0.5) is 10.7 Å². The van der Waals surface area contributed by atoms with Gasteiger partial charge in [0.05, 0.1) is 23.8 Å². The first-order valence-corrected chi connectivity index (χ1v) is 13.8. The van der Waals surface area contributed by atoms with Crippen molar-refractivity contribution >= 4 is 29.6 Å². The van der Waals surface area contributed by atoms with Gasteiger partial charge in [-0.2, -0.15) is 0 Å². The number of nitrogens with one attached hydrogen (secondary N) is 1. The second-order valence-electron chi connectivity index (χ2n) is 10.7. The quantitative estimate of drug-likeness (QED) is 0.293. The highest BCUT2D eigenvalue weighted by atomic mass is 35.5. The SMILES string of the molecule is CC(C)(C)OC(=O)NCCOc1ccc(CCc2nc(N3CCC[C@@H]3c3ccc(Cl)cc3)ncc2C(=O)O)cc1. The minimum atomic E-state index is -1.04. The number of alkyl carbamates (subject to hydrolysis) is 1. The molecule has 2 N–H and O–H groups in total. The number of aromatic nitrogens is 2. The predicted molar refractivity (Wildman–Crippen MR) is 153 cm³/mol. The third-order valence-electron chi connectivity index (χ3n) is 6.46. The van der Waals surface area contributed by atoms with Crippen LogP contribution in [0.5, 0.6) is 5.75 Å². The molecule has 0 spiro atoms. The summed E-state index contributed by atoms with van der Waals surface area (Å²) in [6.07, 6.45) is 3.96. The number of nitrogens with zero attached hydrogens (tertiary/aromatic N) is 3. The Bertz CT molecular complexity index is 1310. The Hall–Kier alpha value is -3.85. The van der Waals surface area contributed by atoms with Crippen molar-refractivity contribution < 1.29 is 24.2 Å². The van der Waals surface area contributed by atoms with Gasteiger partial charge in [-0.1, -0.05) is 35.9 Å². The Labute approximate surface area is 239 Å². The van der Waals surface area contributed by atoms with Crippen molar-refractivity contribution in [3.8, 4) is 5.75 Å². The Morgan fingerprint density at radius 1 is 1.10 bits per heavy atom. The van der Waals surface area contributed by atoms with Gasteiger partial charge in [-0.15, -0.1) is 0 Å². The minimum Gasteiger partial charge on any atom is -0.492 e. The molecule has 1 amide bonds. The molecule has 1 saturated heterocycles. The number of anilines is 1. The molecule has 0 unspecified atom stereocenters. The monoisotopic (exact) mass is 566 g/mol. The van der Waals surface area contributed by atoms with E-state index in [9.17, 15) is 14.7 Å². The highest BCUT2D eigenvalue weighted by Gasteiger charge is 2.29. The molecule has 2 aromatic carbocycles. The number of ether oxygens (including phenoxy) is 2. The van der Waals surface area contributed by atoms with E-state index in [0.717, 1.165) is 30.5 Å². The van der Waals surface area contributed by atoms with Crippen molar-refractivity contribution in [2.45, 2.75) is 58.1 Å². The van der Waals surface area contributed by atoms with Crippen molar-refractivity contribution in [3.05, 3.63) is 82.1 Å². The largest absolute Gasteiger partial charge is 0.492 e. The van der Waals surface area contributed by atoms with Crippen LogP contribution in [0.2, 0.25) is 5.02 Å². The number of carbonyl (C=O) groups excluding carboxylic acids is 1. The molecule has 0 radical (unpaired) electrons. The molecule has 10 heteroatoms. The van der Waals surface area contributed by atoms with E-state index >= 15 is 0 Å². The van der Waals surface area contributed by atoms with Gasteiger partial charge in [-0.05, 0) is 81.8 Å². The van der Waals surface area contributed by atoms with Crippen molar-refractivity contribution in [1.82, 2.24) is 15.3 Å². The molecule has 3 aromatic rings. The average Bonchev–Trinajstić information content (AvgIpc) is 3.40.